The van der Waals surface area contributed by atoms with Crippen molar-refractivity contribution in [1.82, 2.24) is 0 Å². The molecule has 1 atom stereocenters. The lowest BCUT2D eigenvalue weighted by Crippen LogP contribution is -2.10. The van der Waals surface area contributed by atoms with Gasteiger partial charge in [-0.3, -0.25) is 0 Å². The molecule has 2 rings (SSSR count). The maximum Gasteiger partial charge on any atom is 0.127 e. The first-order chi connectivity index (χ1) is 5.27. The van der Waals surface area contributed by atoms with Gasteiger partial charge in [-0.1, -0.05) is 6.07 Å². The van der Waals surface area contributed by atoms with Gasteiger partial charge in [0.2, 0.25) is 0 Å². The number of ether oxygens (including phenoxy) is 1. The van der Waals surface area contributed by atoms with Crippen molar-refractivity contribution in [3.05, 3.63) is 29.6 Å². The van der Waals surface area contributed by atoms with Crippen molar-refractivity contribution in [3.8, 4) is 5.75 Å². The molecule has 2 N–H and O–H groups in total. The molecule has 1 aliphatic heterocycles. The number of nitrogens with two attached hydrogens (primary N) is 1. The Hall–Kier alpha value is -0.800. The highest BCUT2D eigenvalue weighted by atomic mass is 35.5. The van der Waals surface area contributed by atoms with E-state index in [2.05, 4.69) is 0 Å². The second-order valence-corrected chi connectivity index (χ2v) is 2.60. The monoisotopic (exact) mass is 189 g/mol. The fourth-order valence-corrected chi connectivity index (χ4v) is 1.21. The lowest BCUT2D eigenvalue weighted by Gasteiger charge is -1.98. The van der Waals surface area contributed by atoms with Crippen LogP contribution in [-0.2, 0) is 0 Å². The van der Waals surface area contributed by atoms with Crippen LogP contribution >= 0.6 is 12.4 Å². The molecule has 0 aliphatic carbocycles. The van der Waals surface area contributed by atoms with Crippen LogP contribution in [0, 0.1) is 5.82 Å². The first kappa shape index (κ1) is 9.29. The Morgan fingerprint density at radius 1 is 1.50 bits per heavy atom. The Labute approximate surface area is 75.9 Å². The molecule has 66 valence electrons. The van der Waals surface area contributed by atoms with Crippen molar-refractivity contribution in [1.29, 1.82) is 0 Å². The van der Waals surface area contributed by atoms with Crippen LogP contribution in [0.15, 0.2) is 18.2 Å². The van der Waals surface area contributed by atoms with E-state index in [0.29, 0.717) is 12.4 Å². The number of hydrogen-bond acceptors (Lipinski definition) is 2. The Balaban J connectivity index is 0.000000720. The van der Waals surface area contributed by atoms with Crippen LogP contribution in [0.25, 0.3) is 0 Å². The summed E-state index contributed by atoms with van der Waals surface area (Å²) in [5.74, 6) is 0.301. The molecule has 0 fully saturated rings. The molecule has 0 saturated carbocycles. The molecule has 1 heterocycles. The predicted octanol–water partition coefficient (Wildman–Crippen LogP) is 1.64. The third-order valence-electron chi connectivity index (χ3n) is 1.79. The summed E-state index contributed by atoms with van der Waals surface area (Å²) in [6, 6.07) is 4.34. The van der Waals surface area contributed by atoms with Crippen LogP contribution in [0.4, 0.5) is 4.39 Å². The summed E-state index contributed by atoms with van der Waals surface area (Å²) in [7, 11) is 0. The third-order valence-corrected chi connectivity index (χ3v) is 1.79. The average Bonchev–Trinajstić information content (AvgIpc) is 2.32. The predicted molar refractivity (Wildman–Crippen MR) is 46.1 cm³/mol. The zero-order valence-electron chi connectivity index (χ0n) is 6.29. The Kier molecular flexibility index (Phi) is 2.55. The number of hydrogen-bond donors (Lipinski definition) is 1. The highest BCUT2D eigenvalue weighted by Crippen LogP contribution is 2.30. The minimum absolute atomic E-state index is 0. The van der Waals surface area contributed by atoms with Crippen LogP contribution < -0.4 is 10.5 Å². The van der Waals surface area contributed by atoms with E-state index in [1.165, 1.54) is 12.1 Å². The topological polar surface area (TPSA) is 35.2 Å². The Morgan fingerprint density at radius 3 is 3.00 bits per heavy atom. The molecular formula is C8H9ClFNO. The Morgan fingerprint density at radius 2 is 2.25 bits per heavy atom. The number of rotatable bonds is 0. The van der Waals surface area contributed by atoms with Gasteiger partial charge in [0.1, 0.15) is 18.2 Å². The van der Waals surface area contributed by atoms with E-state index in [1.807, 2.05) is 0 Å². The summed E-state index contributed by atoms with van der Waals surface area (Å²) < 4.78 is 17.7. The lowest BCUT2D eigenvalue weighted by molar-refractivity contribution is 0.332. The van der Waals surface area contributed by atoms with Gasteiger partial charge in [0, 0.05) is 11.6 Å². The van der Waals surface area contributed by atoms with Gasteiger partial charge in [0.15, 0.2) is 0 Å². The third kappa shape index (κ3) is 1.38. The molecule has 2 nitrogen and oxygen atoms in total. The first-order valence-corrected chi connectivity index (χ1v) is 3.45. The minimum atomic E-state index is -0.280. The SMILES string of the molecule is Cl.N[C@H]1COc2cc(F)ccc21. The van der Waals surface area contributed by atoms with Gasteiger partial charge in [-0.25, -0.2) is 4.39 Å². The fourth-order valence-electron chi connectivity index (χ4n) is 1.21. The van der Waals surface area contributed by atoms with E-state index < -0.39 is 0 Å². The maximum absolute atomic E-state index is 12.6. The summed E-state index contributed by atoms with van der Waals surface area (Å²) in [4.78, 5) is 0. The van der Waals surface area contributed by atoms with Gasteiger partial charge in [0.05, 0.1) is 6.04 Å². The van der Waals surface area contributed by atoms with Gasteiger partial charge >= 0.3 is 0 Å². The fraction of sp³-hybridized carbons (Fsp3) is 0.250. The minimum Gasteiger partial charge on any atom is -0.491 e. The smallest absolute Gasteiger partial charge is 0.127 e. The molecule has 0 radical (unpaired) electrons. The zero-order chi connectivity index (χ0) is 7.84. The first-order valence-electron chi connectivity index (χ1n) is 3.45. The molecule has 12 heavy (non-hydrogen) atoms. The normalized spacial score (nSPS) is 19.3. The van der Waals surface area contributed by atoms with Crippen molar-refractivity contribution in [2.75, 3.05) is 6.61 Å². The summed E-state index contributed by atoms with van der Waals surface area (Å²) in [5, 5.41) is 0. The maximum atomic E-state index is 12.6. The van der Waals surface area contributed by atoms with E-state index in [1.54, 1.807) is 6.07 Å². The number of benzene rings is 1. The van der Waals surface area contributed by atoms with E-state index in [0.717, 1.165) is 5.56 Å². The van der Waals surface area contributed by atoms with Crippen molar-refractivity contribution in [2.24, 2.45) is 5.73 Å². The lowest BCUT2D eigenvalue weighted by atomic mass is 10.1. The molecule has 0 spiro atoms. The molecule has 1 aliphatic rings. The quantitative estimate of drug-likeness (QED) is 0.674. The summed E-state index contributed by atoms with van der Waals surface area (Å²) in [6.45, 7) is 0.457. The average molecular weight is 190 g/mol. The van der Waals surface area contributed by atoms with E-state index >= 15 is 0 Å². The largest absolute Gasteiger partial charge is 0.491 e. The molecule has 0 saturated heterocycles. The highest BCUT2D eigenvalue weighted by Gasteiger charge is 2.20. The van der Waals surface area contributed by atoms with E-state index in [-0.39, 0.29) is 24.3 Å². The van der Waals surface area contributed by atoms with Crippen molar-refractivity contribution < 1.29 is 9.13 Å². The van der Waals surface area contributed by atoms with Gasteiger partial charge in [-0.15, -0.1) is 12.4 Å². The van der Waals surface area contributed by atoms with Crippen LogP contribution in [0.2, 0.25) is 0 Å². The Bertz CT molecular complexity index is 292. The molecule has 0 bridgehead atoms. The molecule has 4 heteroatoms. The molecule has 0 unspecified atom stereocenters. The van der Waals surface area contributed by atoms with Crippen LogP contribution in [0.3, 0.4) is 0 Å². The number of halogens is 2. The summed E-state index contributed by atoms with van der Waals surface area (Å²) in [6.07, 6.45) is 0. The second kappa shape index (κ2) is 3.29. The highest BCUT2D eigenvalue weighted by molar-refractivity contribution is 5.85. The zero-order valence-corrected chi connectivity index (χ0v) is 7.10. The van der Waals surface area contributed by atoms with Gasteiger partial charge in [-0.2, -0.15) is 0 Å². The van der Waals surface area contributed by atoms with E-state index in [4.69, 9.17) is 10.5 Å². The standard InChI is InChI=1S/C8H8FNO.ClH/c9-5-1-2-6-7(10)4-11-8(6)3-5;/h1-3,7H,4,10H2;1H/t7-;/m0./s1. The van der Waals surface area contributed by atoms with Crippen molar-refractivity contribution in [2.45, 2.75) is 6.04 Å². The van der Waals surface area contributed by atoms with Crippen molar-refractivity contribution in [3.63, 3.8) is 0 Å². The van der Waals surface area contributed by atoms with Crippen LogP contribution in [0.1, 0.15) is 11.6 Å². The van der Waals surface area contributed by atoms with Crippen LogP contribution in [-0.4, -0.2) is 6.61 Å². The van der Waals surface area contributed by atoms with Gasteiger partial charge in [0.25, 0.3) is 0 Å². The van der Waals surface area contributed by atoms with E-state index in [9.17, 15) is 4.39 Å². The van der Waals surface area contributed by atoms with Crippen molar-refractivity contribution >= 4 is 12.4 Å². The molecule has 1 aromatic carbocycles. The molecular weight excluding hydrogens is 181 g/mol. The molecule has 0 amide bonds. The van der Waals surface area contributed by atoms with Gasteiger partial charge < -0.3 is 10.5 Å². The second-order valence-electron chi connectivity index (χ2n) is 2.60. The van der Waals surface area contributed by atoms with Crippen LogP contribution in [0.5, 0.6) is 5.75 Å². The molecule has 0 aromatic heterocycles. The van der Waals surface area contributed by atoms with Gasteiger partial charge in [-0.05, 0) is 6.07 Å². The summed E-state index contributed by atoms with van der Waals surface area (Å²) in [5.41, 5.74) is 6.54. The summed E-state index contributed by atoms with van der Waals surface area (Å²) >= 11 is 0. The number of fused-ring (bicyclic) bond motifs is 1. The molecule has 1 aromatic rings.